The molecule has 0 heterocycles. The molecule has 1 fully saturated rings. The van der Waals surface area contributed by atoms with Gasteiger partial charge in [-0.3, -0.25) is 9.59 Å². The Kier molecular flexibility index (Phi) is 5.41. The van der Waals surface area contributed by atoms with Crippen LogP contribution < -0.4 is 10.1 Å². The number of para-hydroxylation sites is 1. The molecule has 0 aromatic heterocycles. The first kappa shape index (κ1) is 16.3. The zero-order valence-corrected chi connectivity index (χ0v) is 13.1. The molecule has 2 rings (SSSR count). The maximum absolute atomic E-state index is 12.0. The number of hydrogen-bond donors (Lipinski definition) is 2. The van der Waals surface area contributed by atoms with Crippen LogP contribution in [0.3, 0.4) is 0 Å². The highest BCUT2D eigenvalue weighted by Crippen LogP contribution is 2.31. The van der Waals surface area contributed by atoms with Gasteiger partial charge in [0.1, 0.15) is 12.4 Å². The van der Waals surface area contributed by atoms with Gasteiger partial charge in [0.25, 0.3) is 0 Å². The largest absolute Gasteiger partial charge is 0.491 e. The average molecular weight is 305 g/mol. The number of ether oxygens (including phenoxy) is 1. The number of nitrogens with one attached hydrogen (secondary N) is 1. The summed E-state index contributed by atoms with van der Waals surface area (Å²) in [7, 11) is 0. The van der Waals surface area contributed by atoms with Crippen molar-refractivity contribution in [2.45, 2.75) is 33.1 Å². The molecule has 5 nitrogen and oxygen atoms in total. The van der Waals surface area contributed by atoms with Crippen LogP contribution in [0.25, 0.3) is 0 Å². The summed E-state index contributed by atoms with van der Waals surface area (Å²) < 4.78 is 5.73. The molecule has 2 atom stereocenters. The summed E-state index contributed by atoms with van der Waals surface area (Å²) in [6, 6.07) is 5.97. The molecule has 120 valence electrons. The lowest BCUT2D eigenvalue weighted by atomic mass is 10.0. The highest BCUT2D eigenvalue weighted by molar-refractivity contribution is 5.80. The Balaban J connectivity index is 1.73. The van der Waals surface area contributed by atoms with E-state index in [9.17, 15) is 9.59 Å². The first-order chi connectivity index (χ1) is 10.5. The van der Waals surface area contributed by atoms with Gasteiger partial charge in [-0.1, -0.05) is 18.2 Å². The van der Waals surface area contributed by atoms with Crippen molar-refractivity contribution in [2.24, 2.45) is 11.8 Å². The fourth-order valence-corrected chi connectivity index (χ4v) is 2.94. The molecule has 1 amide bonds. The number of aliphatic carboxylic acids is 1. The van der Waals surface area contributed by atoms with Gasteiger partial charge < -0.3 is 15.2 Å². The van der Waals surface area contributed by atoms with Crippen LogP contribution in [-0.4, -0.2) is 30.1 Å². The molecule has 22 heavy (non-hydrogen) atoms. The zero-order chi connectivity index (χ0) is 16.1. The first-order valence-electron chi connectivity index (χ1n) is 7.68. The van der Waals surface area contributed by atoms with Crippen molar-refractivity contribution in [3.8, 4) is 5.75 Å². The summed E-state index contributed by atoms with van der Waals surface area (Å²) in [4.78, 5) is 22.9. The SMILES string of the molecule is Cc1cccc(C)c1OCCNC(=O)[C@@H]1CC[C@H](C(=O)O)C1. The van der Waals surface area contributed by atoms with Gasteiger partial charge >= 0.3 is 5.97 Å². The average Bonchev–Trinajstić information content (AvgIpc) is 2.96. The maximum atomic E-state index is 12.0. The third-order valence-electron chi connectivity index (χ3n) is 4.21. The van der Waals surface area contributed by atoms with Gasteiger partial charge in [0.2, 0.25) is 5.91 Å². The number of rotatable bonds is 6. The predicted octanol–water partition coefficient (Wildman–Crippen LogP) is 2.30. The van der Waals surface area contributed by atoms with E-state index in [0.717, 1.165) is 16.9 Å². The Hall–Kier alpha value is -2.04. The van der Waals surface area contributed by atoms with Gasteiger partial charge in [-0.2, -0.15) is 0 Å². The van der Waals surface area contributed by atoms with Crippen molar-refractivity contribution in [1.82, 2.24) is 5.32 Å². The van der Waals surface area contributed by atoms with Gasteiger partial charge in [0, 0.05) is 5.92 Å². The Bertz CT molecular complexity index is 535. The van der Waals surface area contributed by atoms with E-state index in [1.54, 1.807) is 0 Å². The standard InChI is InChI=1S/C17H23NO4/c1-11-4-3-5-12(2)15(11)22-9-8-18-16(19)13-6-7-14(10-13)17(20)21/h3-5,13-14H,6-10H2,1-2H3,(H,18,19)(H,20,21)/t13-,14+/m1/s1. The van der Waals surface area contributed by atoms with Gasteiger partial charge in [-0.25, -0.2) is 0 Å². The van der Waals surface area contributed by atoms with Crippen LogP contribution in [0.5, 0.6) is 5.75 Å². The van der Waals surface area contributed by atoms with Crippen molar-refractivity contribution in [1.29, 1.82) is 0 Å². The lowest BCUT2D eigenvalue weighted by Gasteiger charge is -2.14. The quantitative estimate of drug-likeness (QED) is 0.791. The van der Waals surface area contributed by atoms with Gasteiger partial charge in [0.05, 0.1) is 12.5 Å². The summed E-state index contributed by atoms with van der Waals surface area (Å²) in [5.74, 6) is -0.547. The van der Waals surface area contributed by atoms with Crippen LogP contribution >= 0.6 is 0 Å². The molecule has 0 saturated heterocycles. The lowest BCUT2D eigenvalue weighted by molar-refractivity contribution is -0.141. The molecule has 0 bridgehead atoms. The van der Waals surface area contributed by atoms with Crippen LogP contribution in [0, 0.1) is 25.7 Å². The Morgan fingerprint density at radius 3 is 2.45 bits per heavy atom. The van der Waals surface area contributed by atoms with Crippen molar-refractivity contribution in [3.05, 3.63) is 29.3 Å². The number of carbonyl (C=O) groups excluding carboxylic acids is 1. The first-order valence-corrected chi connectivity index (χ1v) is 7.68. The minimum atomic E-state index is -0.798. The van der Waals surface area contributed by atoms with Crippen molar-refractivity contribution < 1.29 is 19.4 Å². The second-order valence-electron chi connectivity index (χ2n) is 5.91. The molecule has 0 aliphatic heterocycles. The number of aryl methyl sites for hydroxylation is 2. The smallest absolute Gasteiger partial charge is 0.306 e. The summed E-state index contributed by atoms with van der Waals surface area (Å²) >= 11 is 0. The Morgan fingerprint density at radius 1 is 1.23 bits per heavy atom. The van der Waals surface area contributed by atoms with Crippen LogP contribution in [0.4, 0.5) is 0 Å². The summed E-state index contributed by atoms with van der Waals surface area (Å²) in [5.41, 5.74) is 2.15. The fraction of sp³-hybridized carbons (Fsp3) is 0.529. The minimum absolute atomic E-state index is 0.0612. The zero-order valence-electron chi connectivity index (χ0n) is 13.1. The van der Waals surface area contributed by atoms with Crippen LogP contribution in [0.2, 0.25) is 0 Å². The molecular formula is C17H23NO4. The maximum Gasteiger partial charge on any atom is 0.306 e. The van der Waals surface area contributed by atoms with Crippen molar-refractivity contribution >= 4 is 11.9 Å². The molecule has 1 aromatic rings. The summed E-state index contributed by atoms with van der Waals surface area (Å²) in [6.45, 7) is 4.82. The molecule has 2 N–H and O–H groups in total. The number of benzene rings is 1. The number of carboxylic acid groups (broad SMARTS) is 1. The summed E-state index contributed by atoms with van der Waals surface area (Å²) in [6.07, 6.45) is 1.69. The van der Waals surface area contributed by atoms with Crippen LogP contribution in [0.1, 0.15) is 30.4 Å². The molecule has 1 aliphatic carbocycles. The van der Waals surface area contributed by atoms with Crippen molar-refractivity contribution in [2.75, 3.05) is 13.2 Å². The lowest BCUT2D eigenvalue weighted by Crippen LogP contribution is -2.33. The van der Waals surface area contributed by atoms with E-state index in [0.29, 0.717) is 32.4 Å². The van der Waals surface area contributed by atoms with E-state index in [1.807, 2.05) is 32.0 Å². The third-order valence-corrected chi connectivity index (χ3v) is 4.21. The molecule has 0 radical (unpaired) electrons. The third kappa shape index (κ3) is 4.00. The minimum Gasteiger partial charge on any atom is -0.491 e. The van der Waals surface area contributed by atoms with Gasteiger partial charge in [0.15, 0.2) is 0 Å². The van der Waals surface area contributed by atoms with Gasteiger partial charge in [-0.15, -0.1) is 0 Å². The predicted molar refractivity (Wildman–Crippen MR) is 82.9 cm³/mol. The Morgan fingerprint density at radius 2 is 1.86 bits per heavy atom. The van der Waals surface area contributed by atoms with Gasteiger partial charge in [-0.05, 0) is 44.2 Å². The molecule has 1 aliphatic rings. The van der Waals surface area contributed by atoms with E-state index in [-0.39, 0.29) is 17.7 Å². The molecule has 1 aromatic carbocycles. The molecule has 0 unspecified atom stereocenters. The highest BCUT2D eigenvalue weighted by Gasteiger charge is 2.33. The number of amides is 1. The fourth-order valence-electron chi connectivity index (χ4n) is 2.94. The summed E-state index contributed by atoms with van der Waals surface area (Å²) in [5, 5.41) is 11.8. The molecular weight excluding hydrogens is 282 g/mol. The topological polar surface area (TPSA) is 75.6 Å². The van der Waals surface area contributed by atoms with E-state index in [4.69, 9.17) is 9.84 Å². The Labute approximate surface area is 130 Å². The van der Waals surface area contributed by atoms with E-state index in [1.165, 1.54) is 0 Å². The second kappa shape index (κ2) is 7.29. The van der Waals surface area contributed by atoms with Crippen molar-refractivity contribution in [3.63, 3.8) is 0 Å². The van der Waals surface area contributed by atoms with E-state index >= 15 is 0 Å². The second-order valence-corrected chi connectivity index (χ2v) is 5.91. The normalized spacial score (nSPS) is 20.6. The number of carbonyl (C=O) groups is 2. The molecule has 5 heteroatoms. The van der Waals surface area contributed by atoms with E-state index in [2.05, 4.69) is 5.32 Å². The number of carboxylic acids is 1. The monoisotopic (exact) mass is 305 g/mol. The molecule has 0 spiro atoms. The van der Waals surface area contributed by atoms with E-state index < -0.39 is 5.97 Å². The number of hydrogen-bond acceptors (Lipinski definition) is 3. The van der Waals surface area contributed by atoms with Crippen LogP contribution in [-0.2, 0) is 9.59 Å². The molecule has 1 saturated carbocycles. The van der Waals surface area contributed by atoms with Crippen LogP contribution in [0.15, 0.2) is 18.2 Å². The highest BCUT2D eigenvalue weighted by atomic mass is 16.5.